The summed E-state index contributed by atoms with van der Waals surface area (Å²) in [6, 6.07) is 10.3. The van der Waals surface area contributed by atoms with Gasteiger partial charge in [0, 0.05) is 12.1 Å². The Bertz CT molecular complexity index is 289. The van der Waals surface area contributed by atoms with Gasteiger partial charge in [-0.1, -0.05) is 30.3 Å². The highest BCUT2D eigenvalue weighted by atomic mass is 16.5. The standard InChI is InChI=1S/C14H23NO/c1-14(2,3)15(4)10-11-16-12-13-8-6-5-7-9-13/h5-9H,10-12H2,1-4H3. The van der Waals surface area contributed by atoms with Crippen molar-refractivity contribution in [3.05, 3.63) is 35.9 Å². The Morgan fingerprint density at radius 2 is 1.75 bits per heavy atom. The van der Waals surface area contributed by atoms with E-state index >= 15 is 0 Å². The summed E-state index contributed by atoms with van der Waals surface area (Å²) in [6.07, 6.45) is 0. The van der Waals surface area contributed by atoms with Crippen LogP contribution in [0, 0.1) is 0 Å². The van der Waals surface area contributed by atoms with Crippen molar-refractivity contribution in [2.75, 3.05) is 20.2 Å². The molecule has 0 N–H and O–H groups in total. The first kappa shape index (κ1) is 13.2. The van der Waals surface area contributed by atoms with Crippen LogP contribution in [0.5, 0.6) is 0 Å². The largest absolute Gasteiger partial charge is 0.375 e. The van der Waals surface area contributed by atoms with E-state index in [-0.39, 0.29) is 5.54 Å². The number of ether oxygens (including phenoxy) is 1. The molecular formula is C14H23NO. The van der Waals surface area contributed by atoms with Crippen molar-refractivity contribution in [2.24, 2.45) is 0 Å². The molecule has 0 saturated carbocycles. The van der Waals surface area contributed by atoms with Crippen LogP contribution in [0.3, 0.4) is 0 Å². The van der Waals surface area contributed by atoms with E-state index in [0.717, 1.165) is 13.2 Å². The monoisotopic (exact) mass is 221 g/mol. The van der Waals surface area contributed by atoms with Gasteiger partial charge < -0.3 is 4.74 Å². The highest BCUT2D eigenvalue weighted by Crippen LogP contribution is 2.09. The van der Waals surface area contributed by atoms with Crippen LogP contribution in [0.15, 0.2) is 30.3 Å². The van der Waals surface area contributed by atoms with Crippen molar-refractivity contribution in [3.63, 3.8) is 0 Å². The fourth-order valence-electron chi connectivity index (χ4n) is 1.30. The van der Waals surface area contributed by atoms with E-state index in [9.17, 15) is 0 Å². The summed E-state index contributed by atoms with van der Waals surface area (Å²) < 4.78 is 5.64. The maximum Gasteiger partial charge on any atom is 0.0717 e. The molecule has 16 heavy (non-hydrogen) atoms. The number of rotatable bonds is 5. The predicted octanol–water partition coefficient (Wildman–Crippen LogP) is 2.93. The van der Waals surface area contributed by atoms with E-state index in [1.807, 2.05) is 18.2 Å². The molecule has 0 bridgehead atoms. The molecule has 2 heteroatoms. The Kier molecular flexibility index (Phi) is 4.97. The molecule has 0 aliphatic heterocycles. The van der Waals surface area contributed by atoms with Gasteiger partial charge in [-0.15, -0.1) is 0 Å². The van der Waals surface area contributed by atoms with Crippen LogP contribution in [-0.2, 0) is 11.3 Å². The first-order valence-electron chi connectivity index (χ1n) is 5.83. The van der Waals surface area contributed by atoms with Gasteiger partial charge in [0.05, 0.1) is 13.2 Å². The number of likely N-dealkylation sites (N-methyl/N-ethyl adjacent to an activating group) is 1. The molecule has 1 rings (SSSR count). The van der Waals surface area contributed by atoms with E-state index in [4.69, 9.17) is 4.74 Å². The molecule has 0 heterocycles. The molecule has 1 aromatic carbocycles. The Morgan fingerprint density at radius 3 is 2.31 bits per heavy atom. The zero-order valence-electron chi connectivity index (χ0n) is 10.9. The zero-order chi connectivity index (χ0) is 12.0. The van der Waals surface area contributed by atoms with Crippen molar-refractivity contribution in [3.8, 4) is 0 Å². The van der Waals surface area contributed by atoms with Crippen molar-refractivity contribution in [1.29, 1.82) is 0 Å². The molecule has 0 radical (unpaired) electrons. The minimum absolute atomic E-state index is 0.218. The minimum atomic E-state index is 0.218. The van der Waals surface area contributed by atoms with E-state index < -0.39 is 0 Å². The normalized spacial score (nSPS) is 12.1. The zero-order valence-corrected chi connectivity index (χ0v) is 10.9. The van der Waals surface area contributed by atoms with Crippen LogP contribution >= 0.6 is 0 Å². The lowest BCUT2D eigenvalue weighted by molar-refractivity contribution is 0.0723. The summed E-state index contributed by atoms with van der Waals surface area (Å²) in [5.41, 5.74) is 1.46. The van der Waals surface area contributed by atoms with E-state index in [0.29, 0.717) is 6.61 Å². The van der Waals surface area contributed by atoms with Crippen molar-refractivity contribution in [2.45, 2.75) is 32.9 Å². The average Bonchev–Trinajstić information content (AvgIpc) is 2.24. The molecule has 0 aliphatic rings. The van der Waals surface area contributed by atoms with Crippen molar-refractivity contribution < 1.29 is 4.74 Å². The molecule has 90 valence electrons. The quantitative estimate of drug-likeness (QED) is 0.709. The van der Waals surface area contributed by atoms with Gasteiger partial charge in [0.1, 0.15) is 0 Å². The molecule has 0 aliphatic carbocycles. The molecular weight excluding hydrogens is 198 g/mol. The van der Waals surface area contributed by atoms with Gasteiger partial charge in [0.25, 0.3) is 0 Å². The summed E-state index contributed by atoms with van der Waals surface area (Å²) in [7, 11) is 2.13. The highest BCUT2D eigenvalue weighted by molar-refractivity contribution is 5.13. The molecule has 0 saturated heterocycles. The molecule has 2 nitrogen and oxygen atoms in total. The topological polar surface area (TPSA) is 12.5 Å². The molecule has 0 fully saturated rings. The number of hydrogen-bond donors (Lipinski definition) is 0. The molecule has 0 atom stereocenters. The second kappa shape index (κ2) is 6.02. The summed E-state index contributed by atoms with van der Waals surface area (Å²) in [5.74, 6) is 0. The molecule has 1 aromatic rings. The minimum Gasteiger partial charge on any atom is -0.375 e. The number of benzene rings is 1. The number of hydrogen-bond acceptors (Lipinski definition) is 2. The molecule has 0 unspecified atom stereocenters. The third kappa shape index (κ3) is 4.77. The smallest absolute Gasteiger partial charge is 0.0717 e. The van der Waals surface area contributed by atoms with Crippen LogP contribution in [0.2, 0.25) is 0 Å². The van der Waals surface area contributed by atoms with Gasteiger partial charge in [-0.05, 0) is 33.4 Å². The SMILES string of the molecule is CN(CCOCc1ccccc1)C(C)(C)C. The van der Waals surface area contributed by atoms with Crippen molar-refractivity contribution >= 4 is 0 Å². The second-order valence-corrected chi connectivity index (χ2v) is 5.13. The van der Waals surface area contributed by atoms with Crippen LogP contribution in [0.1, 0.15) is 26.3 Å². The first-order valence-corrected chi connectivity index (χ1v) is 5.83. The van der Waals surface area contributed by atoms with Gasteiger partial charge in [0.15, 0.2) is 0 Å². The first-order chi connectivity index (χ1) is 7.50. The highest BCUT2D eigenvalue weighted by Gasteiger charge is 2.15. The fourth-order valence-corrected chi connectivity index (χ4v) is 1.30. The summed E-state index contributed by atoms with van der Waals surface area (Å²) in [4.78, 5) is 2.30. The van der Waals surface area contributed by atoms with Gasteiger partial charge in [0.2, 0.25) is 0 Å². The third-order valence-corrected chi connectivity index (χ3v) is 2.83. The van der Waals surface area contributed by atoms with E-state index in [2.05, 4.69) is 44.9 Å². The van der Waals surface area contributed by atoms with E-state index in [1.165, 1.54) is 5.56 Å². The Morgan fingerprint density at radius 1 is 1.12 bits per heavy atom. The number of nitrogens with zero attached hydrogens (tertiary/aromatic N) is 1. The molecule has 0 spiro atoms. The Hall–Kier alpha value is -0.860. The molecule has 0 amide bonds. The average molecular weight is 221 g/mol. The fraction of sp³-hybridized carbons (Fsp3) is 0.571. The van der Waals surface area contributed by atoms with E-state index in [1.54, 1.807) is 0 Å². The second-order valence-electron chi connectivity index (χ2n) is 5.13. The maximum absolute atomic E-state index is 5.64. The molecule has 0 aromatic heterocycles. The van der Waals surface area contributed by atoms with Gasteiger partial charge >= 0.3 is 0 Å². The summed E-state index contributed by atoms with van der Waals surface area (Å²) >= 11 is 0. The van der Waals surface area contributed by atoms with Crippen LogP contribution in [0.4, 0.5) is 0 Å². The van der Waals surface area contributed by atoms with Gasteiger partial charge in [-0.3, -0.25) is 4.90 Å². The van der Waals surface area contributed by atoms with Gasteiger partial charge in [-0.25, -0.2) is 0 Å². The maximum atomic E-state index is 5.64. The lowest BCUT2D eigenvalue weighted by Crippen LogP contribution is -2.40. The predicted molar refractivity (Wildman–Crippen MR) is 68.5 cm³/mol. The van der Waals surface area contributed by atoms with Crippen LogP contribution in [-0.4, -0.2) is 30.6 Å². The third-order valence-electron chi connectivity index (χ3n) is 2.83. The van der Waals surface area contributed by atoms with Crippen LogP contribution < -0.4 is 0 Å². The van der Waals surface area contributed by atoms with Crippen molar-refractivity contribution in [1.82, 2.24) is 4.90 Å². The lowest BCUT2D eigenvalue weighted by Gasteiger charge is -2.31. The Labute approximate surface area is 99.2 Å². The Balaban J connectivity index is 2.18. The summed E-state index contributed by atoms with van der Waals surface area (Å²) in [6.45, 7) is 9.09. The van der Waals surface area contributed by atoms with Gasteiger partial charge in [-0.2, -0.15) is 0 Å². The summed E-state index contributed by atoms with van der Waals surface area (Å²) in [5, 5.41) is 0. The van der Waals surface area contributed by atoms with Crippen LogP contribution in [0.25, 0.3) is 0 Å². The lowest BCUT2D eigenvalue weighted by atomic mass is 10.1.